The second-order valence-electron chi connectivity index (χ2n) is 14.3. The second kappa shape index (κ2) is 10.3. The lowest BCUT2D eigenvalue weighted by Gasteiger charge is -2.29. The summed E-state index contributed by atoms with van der Waals surface area (Å²) in [5.74, 6) is 0. The van der Waals surface area contributed by atoms with Gasteiger partial charge in [-0.15, -0.1) is 0 Å². The van der Waals surface area contributed by atoms with Crippen LogP contribution < -0.4 is 0 Å². The van der Waals surface area contributed by atoms with Crippen LogP contribution in [0.4, 0.5) is 0 Å². The molecule has 0 radical (unpaired) electrons. The lowest BCUT2D eigenvalue weighted by molar-refractivity contribution is 0.536. The molecule has 0 aliphatic heterocycles. The van der Waals surface area contributed by atoms with Crippen molar-refractivity contribution in [3.05, 3.63) is 169 Å². The van der Waals surface area contributed by atoms with Crippen LogP contribution >= 0.6 is 0 Å². The van der Waals surface area contributed by atoms with Gasteiger partial charge in [0, 0.05) is 16.5 Å². The Morgan fingerprint density at radius 3 is 2.14 bits per heavy atom. The van der Waals surface area contributed by atoms with Crippen molar-refractivity contribution in [1.82, 2.24) is 4.57 Å². The monoisotopic (exact) mass is 625 g/mol. The van der Waals surface area contributed by atoms with Crippen molar-refractivity contribution in [2.45, 2.75) is 25.7 Å². The standard InChI is InChI=1S/C48H35N/c1-30-12-5-4-10-27-48(2,3)46-35(30)23-26-43-39-15-8-9-18-44(39)49(47(43)46)34-22-21-31-28-33(20-19-32(31)29-34)36-24-25-42-38-14-7-6-13-37(38)41-17-11-16-40(36)45(41)42/h4-26,28-29H,1,27H2,2-3H3/b10-4-,12-5-. The summed E-state index contributed by atoms with van der Waals surface area (Å²) in [6.45, 7) is 9.26. The molecule has 0 N–H and O–H groups in total. The molecule has 8 aromatic rings. The van der Waals surface area contributed by atoms with E-state index in [9.17, 15) is 0 Å². The molecular weight excluding hydrogens is 591 g/mol. The third kappa shape index (κ3) is 4.06. The Kier molecular flexibility index (Phi) is 5.91. The van der Waals surface area contributed by atoms with Gasteiger partial charge in [-0.1, -0.05) is 148 Å². The molecule has 1 heterocycles. The highest BCUT2D eigenvalue weighted by Crippen LogP contribution is 2.49. The first-order chi connectivity index (χ1) is 24.0. The number of nitrogens with zero attached hydrogens (tertiary/aromatic N) is 1. The average molecular weight is 626 g/mol. The van der Waals surface area contributed by atoms with E-state index >= 15 is 0 Å². The molecule has 49 heavy (non-hydrogen) atoms. The summed E-state index contributed by atoms with van der Waals surface area (Å²) in [5, 5.41) is 7.71. The highest BCUT2D eigenvalue weighted by atomic mass is 15.0. The average Bonchev–Trinajstić information content (AvgIpc) is 3.65. The number of rotatable bonds is 2. The van der Waals surface area contributed by atoms with Crippen molar-refractivity contribution >= 4 is 48.9 Å². The number of aromatic nitrogens is 1. The molecule has 232 valence electrons. The zero-order chi connectivity index (χ0) is 32.9. The molecule has 0 unspecified atom stereocenters. The minimum absolute atomic E-state index is 0.0980. The van der Waals surface area contributed by atoms with Crippen LogP contribution in [0.5, 0.6) is 0 Å². The molecule has 0 amide bonds. The van der Waals surface area contributed by atoms with Crippen LogP contribution in [0.2, 0.25) is 0 Å². The summed E-state index contributed by atoms with van der Waals surface area (Å²) < 4.78 is 2.50. The lowest BCUT2D eigenvalue weighted by atomic mass is 9.76. The van der Waals surface area contributed by atoms with Crippen molar-refractivity contribution in [2.75, 3.05) is 0 Å². The van der Waals surface area contributed by atoms with Gasteiger partial charge in [0.1, 0.15) is 0 Å². The third-order valence-electron chi connectivity index (χ3n) is 11.0. The largest absolute Gasteiger partial charge is 0.309 e. The maximum atomic E-state index is 4.51. The fourth-order valence-electron chi connectivity index (χ4n) is 8.68. The number of hydrogen-bond acceptors (Lipinski definition) is 0. The number of fused-ring (bicyclic) bond motifs is 9. The molecule has 0 saturated carbocycles. The maximum Gasteiger partial charge on any atom is 0.0584 e. The molecule has 0 fully saturated rings. The van der Waals surface area contributed by atoms with Gasteiger partial charge >= 0.3 is 0 Å². The number of benzene rings is 7. The Balaban J connectivity index is 1.17. The van der Waals surface area contributed by atoms with Crippen molar-refractivity contribution < 1.29 is 0 Å². The highest BCUT2D eigenvalue weighted by molar-refractivity contribution is 6.19. The summed E-state index contributed by atoms with van der Waals surface area (Å²) in [5.41, 5.74) is 15.1. The molecule has 2 aliphatic rings. The van der Waals surface area contributed by atoms with E-state index in [0.717, 1.165) is 12.0 Å². The normalized spacial score (nSPS) is 16.0. The maximum absolute atomic E-state index is 4.51. The Morgan fingerprint density at radius 1 is 0.571 bits per heavy atom. The zero-order valence-corrected chi connectivity index (χ0v) is 27.8. The topological polar surface area (TPSA) is 4.93 Å². The second-order valence-corrected chi connectivity index (χ2v) is 14.3. The van der Waals surface area contributed by atoms with Crippen LogP contribution in [0.25, 0.3) is 88.0 Å². The summed E-state index contributed by atoms with van der Waals surface area (Å²) in [6, 6.07) is 47.6. The molecule has 1 heteroatoms. The predicted molar refractivity (Wildman–Crippen MR) is 211 cm³/mol. The fourth-order valence-corrected chi connectivity index (χ4v) is 8.68. The first kappa shape index (κ1) is 28.1. The summed E-state index contributed by atoms with van der Waals surface area (Å²) in [6.07, 6.45) is 9.66. The Bertz CT molecular complexity index is 2750. The molecule has 7 aromatic carbocycles. The molecule has 0 saturated heterocycles. The molecule has 0 spiro atoms. The molecule has 2 aliphatic carbocycles. The summed E-state index contributed by atoms with van der Waals surface area (Å²) >= 11 is 0. The minimum atomic E-state index is -0.0980. The van der Waals surface area contributed by atoms with Gasteiger partial charge in [-0.3, -0.25) is 0 Å². The van der Waals surface area contributed by atoms with E-state index in [1.165, 1.54) is 93.5 Å². The van der Waals surface area contributed by atoms with Gasteiger partial charge in [-0.2, -0.15) is 0 Å². The van der Waals surface area contributed by atoms with E-state index in [1.54, 1.807) is 0 Å². The van der Waals surface area contributed by atoms with E-state index in [4.69, 9.17) is 0 Å². The number of hydrogen-bond donors (Lipinski definition) is 0. The smallest absolute Gasteiger partial charge is 0.0584 e. The summed E-state index contributed by atoms with van der Waals surface area (Å²) in [7, 11) is 0. The van der Waals surface area contributed by atoms with Gasteiger partial charge in [0.15, 0.2) is 0 Å². The van der Waals surface area contributed by atoms with Crippen LogP contribution in [0.15, 0.2) is 158 Å². The third-order valence-corrected chi connectivity index (χ3v) is 11.0. The predicted octanol–water partition coefficient (Wildman–Crippen LogP) is 13.2. The van der Waals surface area contributed by atoms with Crippen molar-refractivity contribution in [1.29, 1.82) is 0 Å². The molecule has 1 aromatic heterocycles. The van der Waals surface area contributed by atoms with Crippen LogP contribution in [-0.4, -0.2) is 4.57 Å². The quantitative estimate of drug-likeness (QED) is 0.180. The fraction of sp³-hybridized carbons (Fsp3) is 0.0833. The molecule has 0 bridgehead atoms. The molecule has 1 nitrogen and oxygen atoms in total. The Morgan fingerprint density at radius 2 is 1.27 bits per heavy atom. The minimum Gasteiger partial charge on any atom is -0.309 e. The van der Waals surface area contributed by atoms with E-state index in [-0.39, 0.29) is 5.41 Å². The first-order valence-corrected chi connectivity index (χ1v) is 17.3. The van der Waals surface area contributed by atoms with Crippen LogP contribution in [0.3, 0.4) is 0 Å². The van der Waals surface area contributed by atoms with Crippen LogP contribution in [-0.2, 0) is 5.41 Å². The van der Waals surface area contributed by atoms with Crippen molar-refractivity contribution in [3.63, 3.8) is 0 Å². The van der Waals surface area contributed by atoms with Crippen LogP contribution in [0, 0.1) is 0 Å². The van der Waals surface area contributed by atoms with Gasteiger partial charge in [-0.25, -0.2) is 0 Å². The van der Waals surface area contributed by atoms with Gasteiger partial charge in [0.25, 0.3) is 0 Å². The van der Waals surface area contributed by atoms with Crippen molar-refractivity contribution in [3.8, 4) is 39.1 Å². The number of para-hydroxylation sites is 1. The van der Waals surface area contributed by atoms with E-state index in [2.05, 4.69) is 177 Å². The number of allylic oxidation sites excluding steroid dienone is 5. The van der Waals surface area contributed by atoms with E-state index in [1.807, 2.05) is 0 Å². The van der Waals surface area contributed by atoms with Gasteiger partial charge < -0.3 is 4.57 Å². The van der Waals surface area contributed by atoms with E-state index < -0.39 is 0 Å². The zero-order valence-electron chi connectivity index (χ0n) is 27.8. The van der Waals surface area contributed by atoms with Gasteiger partial charge in [0.05, 0.1) is 11.0 Å². The van der Waals surface area contributed by atoms with Crippen molar-refractivity contribution in [2.24, 2.45) is 0 Å². The van der Waals surface area contributed by atoms with Gasteiger partial charge in [0.2, 0.25) is 0 Å². The Labute approximate surface area is 286 Å². The summed E-state index contributed by atoms with van der Waals surface area (Å²) in [4.78, 5) is 0. The van der Waals surface area contributed by atoms with E-state index in [0.29, 0.717) is 0 Å². The molecule has 10 rings (SSSR count). The molecule has 0 atom stereocenters. The lowest BCUT2D eigenvalue weighted by Crippen LogP contribution is -2.19. The highest BCUT2D eigenvalue weighted by Gasteiger charge is 2.29. The SMILES string of the molecule is C=C1/C=C\C=C/CC(C)(C)c2c1ccc1c3ccccc3n(-c3ccc4cc(-c5ccc6c7c(cccc57)-c5ccccc5-6)ccc4c3)c21. The Hall–Kier alpha value is -5.92. The van der Waals surface area contributed by atoms with Gasteiger partial charge in [-0.05, 0) is 108 Å². The first-order valence-electron chi connectivity index (χ1n) is 17.3. The molecular formula is C48H35N. The van der Waals surface area contributed by atoms with Crippen LogP contribution in [0.1, 0.15) is 31.4 Å².